The second-order valence-electron chi connectivity index (χ2n) is 5.58. The summed E-state index contributed by atoms with van der Waals surface area (Å²) in [4.78, 5) is 2.39. The molecule has 0 spiro atoms. The Morgan fingerprint density at radius 3 is 3.00 bits per heavy atom. The summed E-state index contributed by atoms with van der Waals surface area (Å²) in [7, 11) is 2.18. The van der Waals surface area contributed by atoms with Crippen molar-refractivity contribution >= 4 is 11.6 Å². The zero-order valence-electron chi connectivity index (χ0n) is 11.6. The van der Waals surface area contributed by atoms with Crippen molar-refractivity contribution in [2.24, 2.45) is 5.92 Å². The fourth-order valence-electron chi connectivity index (χ4n) is 2.71. The molecule has 1 saturated heterocycles. The third-order valence-electron chi connectivity index (χ3n) is 3.98. The zero-order chi connectivity index (χ0) is 13.8. The molecule has 1 N–H and O–H groups in total. The van der Waals surface area contributed by atoms with E-state index in [1.165, 1.54) is 25.5 Å². The van der Waals surface area contributed by atoms with Gasteiger partial charge in [0.1, 0.15) is 5.82 Å². The number of hydrogen-bond donors (Lipinski definition) is 1. The van der Waals surface area contributed by atoms with Gasteiger partial charge in [0.15, 0.2) is 0 Å². The van der Waals surface area contributed by atoms with Gasteiger partial charge in [-0.2, -0.15) is 0 Å². The number of likely N-dealkylation sites (tertiary alicyclic amines) is 1. The largest absolute Gasteiger partial charge is 0.310 e. The molecule has 2 nitrogen and oxygen atoms in total. The third-order valence-corrected chi connectivity index (χ3v) is 4.27. The van der Waals surface area contributed by atoms with Crippen molar-refractivity contribution in [1.29, 1.82) is 0 Å². The van der Waals surface area contributed by atoms with Crippen molar-refractivity contribution in [2.75, 3.05) is 20.1 Å². The van der Waals surface area contributed by atoms with Crippen molar-refractivity contribution in [3.8, 4) is 0 Å². The standard InChI is InChI=1S/C15H22ClFN2/c1-11(13-4-3-7-19(2)10-13)18-9-12-5-6-15(17)14(16)8-12/h5-6,8,11,13,18H,3-4,7,9-10H2,1-2H3. The number of hydrogen-bond acceptors (Lipinski definition) is 2. The molecule has 2 atom stereocenters. The van der Waals surface area contributed by atoms with Crippen LogP contribution < -0.4 is 5.32 Å². The van der Waals surface area contributed by atoms with E-state index >= 15 is 0 Å². The summed E-state index contributed by atoms with van der Waals surface area (Å²) in [5, 5.41) is 3.73. The highest BCUT2D eigenvalue weighted by molar-refractivity contribution is 6.30. The molecule has 4 heteroatoms. The molecule has 1 heterocycles. The molecule has 0 radical (unpaired) electrons. The summed E-state index contributed by atoms with van der Waals surface area (Å²) in [5.41, 5.74) is 1.03. The first kappa shape index (κ1) is 14.8. The van der Waals surface area contributed by atoms with E-state index in [-0.39, 0.29) is 10.8 Å². The topological polar surface area (TPSA) is 15.3 Å². The Morgan fingerprint density at radius 1 is 1.53 bits per heavy atom. The smallest absolute Gasteiger partial charge is 0.141 e. The molecule has 1 aromatic carbocycles. The Labute approximate surface area is 119 Å². The molecule has 2 rings (SSSR count). The highest BCUT2D eigenvalue weighted by Gasteiger charge is 2.22. The van der Waals surface area contributed by atoms with E-state index in [0.29, 0.717) is 12.0 Å². The van der Waals surface area contributed by atoms with Crippen molar-refractivity contribution in [3.05, 3.63) is 34.6 Å². The van der Waals surface area contributed by atoms with Crippen LogP contribution in [0.2, 0.25) is 5.02 Å². The molecule has 106 valence electrons. The van der Waals surface area contributed by atoms with Gasteiger partial charge in [-0.15, -0.1) is 0 Å². The Bertz CT molecular complexity index is 425. The summed E-state index contributed by atoms with van der Waals surface area (Å²) < 4.78 is 13.1. The zero-order valence-corrected chi connectivity index (χ0v) is 12.4. The van der Waals surface area contributed by atoms with Crippen LogP contribution in [0.3, 0.4) is 0 Å². The Kier molecular flexibility index (Phi) is 5.20. The average Bonchev–Trinajstić information content (AvgIpc) is 2.40. The van der Waals surface area contributed by atoms with Crippen LogP contribution in [-0.2, 0) is 6.54 Å². The second-order valence-corrected chi connectivity index (χ2v) is 5.99. The summed E-state index contributed by atoms with van der Waals surface area (Å²) in [5.74, 6) is 0.335. The maximum atomic E-state index is 13.1. The lowest BCUT2D eigenvalue weighted by Crippen LogP contribution is -2.42. The van der Waals surface area contributed by atoms with Gasteiger partial charge < -0.3 is 10.2 Å². The predicted molar refractivity (Wildman–Crippen MR) is 77.9 cm³/mol. The Balaban J connectivity index is 1.85. The lowest BCUT2D eigenvalue weighted by Gasteiger charge is -2.34. The number of nitrogens with one attached hydrogen (secondary N) is 1. The number of rotatable bonds is 4. The highest BCUT2D eigenvalue weighted by atomic mass is 35.5. The molecule has 1 fully saturated rings. The first-order valence-corrected chi connectivity index (χ1v) is 7.30. The molecule has 1 aromatic rings. The molecule has 1 aliphatic rings. The van der Waals surface area contributed by atoms with Gasteiger partial charge in [-0.25, -0.2) is 4.39 Å². The van der Waals surface area contributed by atoms with Gasteiger partial charge >= 0.3 is 0 Å². The minimum absolute atomic E-state index is 0.198. The van der Waals surface area contributed by atoms with Crippen molar-refractivity contribution in [2.45, 2.75) is 32.4 Å². The minimum atomic E-state index is -0.354. The van der Waals surface area contributed by atoms with Crippen LogP contribution in [0.1, 0.15) is 25.3 Å². The Morgan fingerprint density at radius 2 is 2.32 bits per heavy atom. The van der Waals surface area contributed by atoms with Gasteiger partial charge in [0, 0.05) is 19.1 Å². The van der Waals surface area contributed by atoms with E-state index in [0.717, 1.165) is 18.7 Å². The normalized spacial score (nSPS) is 22.4. The summed E-state index contributed by atoms with van der Waals surface area (Å²) in [6.07, 6.45) is 2.55. The van der Waals surface area contributed by atoms with E-state index < -0.39 is 0 Å². The fourth-order valence-corrected chi connectivity index (χ4v) is 2.91. The first-order chi connectivity index (χ1) is 9.06. The predicted octanol–water partition coefficient (Wildman–Crippen LogP) is 3.30. The molecule has 1 aliphatic heterocycles. The molecule has 0 aliphatic carbocycles. The monoisotopic (exact) mass is 284 g/mol. The van der Waals surface area contributed by atoms with Crippen LogP contribution in [0.4, 0.5) is 4.39 Å². The van der Waals surface area contributed by atoms with Gasteiger partial charge in [-0.1, -0.05) is 17.7 Å². The van der Waals surface area contributed by atoms with Crippen molar-refractivity contribution in [3.63, 3.8) is 0 Å². The molecule has 0 aromatic heterocycles. The quantitative estimate of drug-likeness (QED) is 0.913. The highest BCUT2D eigenvalue weighted by Crippen LogP contribution is 2.20. The lowest BCUT2D eigenvalue weighted by molar-refractivity contribution is 0.178. The molecule has 0 bridgehead atoms. The minimum Gasteiger partial charge on any atom is -0.310 e. The molecular formula is C15H22ClFN2. The van der Waals surface area contributed by atoms with Crippen LogP contribution >= 0.6 is 11.6 Å². The van der Waals surface area contributed by atoms with E-state index in [1.807, 2.05) is 0 Å². The van der Waals surface area contributed by atoms with Gasteiger partial charge in [0.05, 0.1) is 5.02 Å². The van der Waals surface area contributed by atoms with Crippen LogP contribution in [-0.4, -0.2) is 31.1 Å². The van der Waals surface area contributed by atoms with Gasteiger partial charge in [-0.05, 0) is 57.0 Å². The van der Waals surface area contributed by atoms with E-state index in [2.05, 4.69) is 24.2 Å². The molecular weight excluding hydrogens is 263 g/mol. The second kappa shape index (κ2) is 6.69. The number of piperidine rings is 1. The maximum absolute atomic E-state index is 13.1. The molecule has 0 saturated carbocycles. The van der Waals surface area contributed by atoms with Crippen LogP contribution in [0, 0.1) is 11.7 Å². The summed E-state index contributed by atoms with van der Waals surface area (Å²) in [6.45, 7) is 5.32. The van der Waals surface area contributed by atoms with E-state index in [4.69, 9.17) is 11.6 Å². The van der Waals surface area contributed by atoms with E-state index in [9.17, 15) is 4.39 Å². The lowest BCUT2D eigenvalue weighted by atomic mass is 9.92. The summed E-state index contributed by atoms with van der Waals surface area (Å²) >= 11 is 5.79. The summed E-state index contributed by atoms with van der Waals surface area (Å²) in [6, 6.07) is 5.38. The Hall–Kier alpha value is -0.640. The van der Waals surface area contributed by atoms with Gasteiger partial charge in [0.2, 0.25) is 0 Å². The van der Waals surface area contributed by atoms with Crippen molar-refractivity contribution in [1.82, 2.24) is 10.2 Å². The number of nitrogens with zero attached hydrogens (tertiary/aromatic N) is 1. The third kappa shape index (κ3) is 4.16. The van der Waals surface area contributed by atoms with E-state index in [1.54, 1.807) is 12.1 Å². The van der Waals surface area contributed by atoms with Gasteiger partial charge in [0.25, 0.3) is 0 Å². The van der Waals surface area contributed by atoms with Gasteiger partial charge in [-0.3, -0.25) is 0 Å². The van der Waals surface area contributed by atoms with Crippen molar-refractivity contribution < 1.29 is 4.39 Å². The van der Waals surface area contributed by atoms with Crippen LogP contribution in [0.15, 0.2) is 18.2 Å². The molecule has 2 unspecified atom stereocenters. The average molecular weight is 285 g/mol. The number of benzene rings is 1. The van der Waals surface area contributed by atoms with Crippen LogP contribution in [0.5, 0.6) is 0 Å². The first-order valence-electron chi connectivity index (χ1n) is 6.92. The maximum Gasteiger partial charge on any atom is 0.141 e. The molecule has 19 heavy (non-hydrogen) atoms. The SMILES string of the molecule is CC(NCc1ccc(F)c(Cl)c1)C1CCCN(C)C1. The number of halogens is 2. The fraction of sp³-hybridized carbons (Fsp3) is 0.600. The van der Waals surface area contributed by atoms with Crippen LogP contribution in [0.25, 0.3) is 0 Å². The molecule has 0 amide bonds.